The lowest BCUT2D eigenvalue weighted by Crippen LogP contribution is -2.13. The quantitative estimate of drug-likeness (QED) is 0.100. The number of hydrogen-bond donors (Lipinski definition) is 0. The molecule has 55 heavy (non-hydrogen) atoms. The van der Waals surface area contributed by atoms with Crippen molar-refractivity contribution in [2.75, 3.05) is 13.2 Å². The summed E-state index contributed by atoms with van der Waals surface area (Å²) in [5.41, 5.74) is 4.94. The van der Waals surface area contributed by atoms with E-state index < -0.39 is 0 Å². The van der Waals surface area contributed by atoms with Gasteiger partial charge in [-0.2, -0.15) is 0 Å². The lowest BCUT2D eigenvalue weighted by atomic mass is 9.77. The lowest BCUT2D eigenvalue weighted by Gasteiger charge is -2.28. The van der Waals surface area contributed by atoms with Gasteiger partial charge in [-0.1, -0.05) is 95.9 Å². The molecule has 6 heteroatoms. The number of hydrogen-bond acceptors (Lipinski definition) is 6. The van der Waals surface area contributed by atoms with Crippen molar-refractivity contribution in [3.05, 3.63) is 107 Å². The maximum absolute atomic E-state index is 5.58. The second-order valence-electron chi connectivity index (χ2n) is 15.3. The van der Waals surface area contributed by atoms with E-state index in [2.05, 4.69) is 120 Å². The number of benzene rings is 2. The van der Waals surface area contributed by atoms with E-state index in [1.54, 1.807) is 24.8 Å². The van der Waals surface area contributed by atoms with Crippen molar-refractivity contribution >= 4 is 0 Å². The highest BCUT2D eigenvalue weighted by Crippen LogP contribution is 2.38. The Hall–Kier alpha value is -4.68. The zero-order valence-electron chi connectivity index (χ0n) is 33.9. The molecule has 2 aliphatic carbocycles. The zero-order chi connectivity index (χ0) is 38.5. The van der Waals surface area contributed by atoms with E-state index in [1.165, 1.54) is 88.2 Å². The Bertz CT molecular complexity index is 1780. The molecule has 0 bridgehead atoms. The molecule has 0 atom stereocenters. The molecule has 2 fully saturated rings. The molecule has 2 saturated carbocycles. The summed E-state index contributed by atoms with van der Waals surface area (Å²) in [6.45, 7) is 10.2. The van der Waals surface area contributed by atoms with Gasteiger partial charge in [-0.25, -0.2) is 19.9 Å². The fourth-order valence-electron chi connectivity index (χ4n) is 7.78. The van der Waals surface area contributed by atoms with Gasteiger partial charge in [-0.3, -0.25) is 0 Å². The van der Waals surface area contributed by atoms with Crippen LogP contribution < -0.4 is 9.47 Å². The van der Waals surface area contributed by atoms with Gasteiger partial charge in [0.05, 0.1) is 38.0 Å². The normalized spacial score (nSPS) is 19.1. The third kappa shape index (κ3) is 14.2. The van der Waals surface area contributed by atoms with Gasteiger partial charge >= 0.3 is 0 Å². The van der Waals surface area contributed by atoms with E-state index in [0.717, 1.165) is 54.1 Å². The maximum atomic E-state index is 5.58. The molecule has 4 aromatic rings. The molecule has 2 aromatic heterocycles. The van der Waals surface area contributed by atoms with Crippen molar-refractivity contribution in [3.63, 3.8) is 0 Å². The standard InChI is InChI=1S/C25H32N2O.C24H30N2O/c1-3-5-17-28-24-18-26-25(27-19-24)16-11-21-9-14-23(15-10-21)22-12-7-20(6-4-2)8-13-22;1-3-5-19-6-11-21(12-7-19)22-13-8-20(9-14-22)10-15-24-25-17-23(18-26-24)27-16-4-2/h9-10,14-15,18-20,22H,3-8,12-13,17H2,1-2H3;8-9,13-14,17-19,21H,3-7,11-12,16H2,1-2H3. The highest BCUT2D eigenvalue weighted by molar-refractivity contribution is 5.41. The van der Waals surface area contributed by atoms with E-state index in [-0.39, 0.29) is 0 Å². The van der Waals surface area contributed by atoms with Crippen LogP contribution in [0.5, 0.6) is 11.5 Å². The molecule has 0 saturated heterocycles. The molecule has 6 rings (SSSR count). The minimum Gasteiger partial charge on any atom is -0.490 e. The fourth-order valence-corrected chi connectivity index (χ4v) is 7.78. The third-order valence-corrected chi connectivity index (χ3v) is 11.0. The van der Waals surface area contributed by atoms with Gasteiger partial charge < -0.3 is 9.47 Å². The smallest absolute Gasteiger partial charge is 0.205 e. The molecule has 2 aromatic carbocycles. The Morgan fingerprint density at radius 1 is 0.473 bits per heavy atom. The number of ether oxygens (including phenoxy) is 2. The topological polar surface area (TPSA) is 70.0 Å². The predicted molar refractivity (Wildman–Crippen MR) is 224 cm³/mol. The average Bonchev–Trinajstić information content (AvgIpc) is 3.24. The Morgan fingerprint density at radius 3 is 1.24 bits per heavy atom. The largest absolute Gasteiger partial charge is 0.490 e. The summed E-state index contributed by atoms with van der Waals surface area (Å²) in [6, 6.07) is 17.5. The van der Waals surface area contributed by atoms with Gasteiger partial charge in [0.15, 0.2) is 11.5 Å². The van der Waals surface area contributed by atoms with Crippen molar-refractivity contribution < 1.29 is 9.47 Å². The molecule has 2 aliphatic rings. The van der Waals surface area contributed by atoms with E-state index in [1.807, 2.05) is 0 Å². The number of rotatable bonds is 13. The fraction of sp³-hybridized carbons (Fsp3) is 0.510. The molecule has 0 N–H and O–H groups in total. The van der Waals surface area contributed by atoms with Gasteiger partial charge in [0.2, 0.25) is 11.6 Å². The van der Waals surface area contributed by atoms with Crippen LogP contribution >= 0.6 is 0 Å². The second kappa shape index (κ2) is 23.3. The second-order valence-corrected chi connectivity index (χ2v) is 15.3. The summed E-state index contributed by atoms with van der Waals surface area (Å²) in [4.78, 5) is 17.1. The molecule has 2 heterocycles. The first-order valence-corrected chi connectivity index (χ1v) is 21.2. The molecule has 0 unspecified atom stereocenters. The maximum Gasteiger partial charge on any atom is 0.205 e. The SMILES string of the molecule is CCCCOc1cnc(C#Cc2ccc(C3CCC(CCC)CC3)cc2)nc1.CCCOc1cnc(C#Cc2ccc(C3CCC(CCC)CC3)cc2)nc1. The van der Waals surface area contributed by atoms with Crippen LogP contribution in [0.1, 0.15) is 170 Å². The van der Waals surface area contributed by atoms with E-state index in [4.69, 9.17) is 9.47 Å². The zero-order valence-corrected chi connectivity index (χ0v) is 33.9. The van der Waals surface area contributed by atoms with Crippen molar-refractivity contribution in [1.29, 1.82) is 0 Å². The van der Waals surface area contributed by atoms with Crippen molar-refractivity contribution in [2.24, 2.45) is 11.8 Å². The van der Waals surface area contributed by atoms with Crippen LogP contribution in [0.4, 0.5) is 0 Å². The summed E-state index contributed by atoms with van der Waals surface area (Å²) >= 11 is 0. The predicted octanol–water partition coefficient (Wildman–Crippen LogP) is 11.9. The summed E-state index contributed by atoms with van der Waals surface area (Å²) in [5, 5.41) is 0. The highest BCUT2D eigenvalue weighted by Gasteiger charge is 2.22. The van der Waals surface area contributed by atoms with Crippen molar-refractivity contribution in [3.8, 4) is 35.2 Å². The van der Waals surface area contributed by atoms with E-state index >= 15 is 0 Å². The van der Waals surface area contributed by atoms with Crippen LogP contribution in [0.3, 0.4) is 0 Å². The minimum atomic E-state index is 0.525. The molecule has 0 amide bonds. The molecule has 0 spiro atoms. The summed E-state index contributed by atoms with van der Waals surface area (Å²) in [7, 11) is 0. The van der Waals surface area contributed by atoms with Gasteiger partial charge in [-0.15, -0.1) is 0 Å². The molecular formula is C49H62N4O2. The van der Waals surface area contributed by atoms with Crippen molar-refractivity contribution in [2.45, 2.75) is 136 Å². The number of unbranched alkanes of at least 4 members (excludes halogenated alkanes) is 1. The minimum absolute atomic E-state index is 0.525. The van der Waals surface area contributed by atoms with Crippen LogP contribution in [0, 0.1) is 35.5 Å². The highest BCUT2D eigenvalue weighted by atomic mass is 16.5. The lowest BCUT2D eigenvalue weighted by molar-refractivity contribution is 0.307. The number of nitrogens with zero attached hydrogens (tertiary/aromatic N) is 4. The Labute approximate surface area is 331 Å². The van der Waals surface area contributed by atoms with Gasteiger partial charge in [0.1, 0.15) is 0 Å². The Balaban J connectivity index is 0.000000211. The monoisotopic (exact) mass is 738 g/mol. The van der Waals surface area contributed by atoms with Crippen LogP contribution in [0.25, 0.3) is 0 Å². The van der Waals surface area contributed by atoms with Gasteiger partial charge in [-0.05, 0) is 135 Å². The van der Waals surface area contributed by atoms with Crippen LogP contribution in [-0.4, -0.2) is 33.1 Å². The summed E-state index contributed by atoms with van der Waals surface area (Å²) < 4.78 is 11.1. The number of aromatic nitrogens is 4. The van der Waals surface area contributed by atoms with E-state index in [9.17, 15) is 0 Å². The first-order chi connectivity index (χ1) is 27.1. The first-order valence-electron chi connectivity index (χ1n) is 21.2. The third-order valence-electron chi connectivity index (χ3n) is 11.0. The molecule has 0 aliphatic heterocycles. The molecule has 6 nitrogen and oxygen atoms in total. The molecular weight excluding hydrogens is 677 g/mol. The van der Waals surface area contributed by atoms with Crippen LogP contribution in [0.15, 0.2) is 73.3 Å². The molecule has 290 valence electrons. The van der Waals surface area contributed by atoms with Crippen LogP contribution in [0.2, 0.25) is 0 Å². The van der Waals surface area contributed by atoms with Gasteiger partial charge in [0.25, 0.3) is 0 Å². The van der Waals surface area contributed by atoms with E-state index in [0.29, 0.717) is 36.4 Å². The summed E-state index contributed by atoms with van der Waals surface area (Å²) in [6.07, 6.45) is 26.2. The summed E-state index contributed by atoms with van der Waals surface area (Å²) in [5.74, 6) is 18.2. The Morgan fingerprint density at radius 2 is 0.873 bits per heavy atom. The first kappa shape index (κ1) is 41.5. The molecule has 0 radical (unpaired) electrons. The Kier molecular flexibility index (Phi) is 17.6. The van der Waals surface area contributed by atoms with Crippen LogP contribution in [-0.2, 0) is 0 Å². The van der Waals surface area contributed by atoms with Gasteiger partial charge in [0, 0.05) is 11.1 Å². The van der Waals surface area contributed by atoms with Crippen molar-refractivity contribution in [1.82, 2.24) is 19.9 Å². The average molecular weight is 739 g/mol.